The Hall–Kier alpha value is -1.09. The van der Waals surface area contributed by atoms with Crippen LogP contribution in [0.25, 0.3) is 0 Å². The van der Waals surface area contributed by atoms with E-state index in [9.17, 15) is 9.90 Å². The van der Waals surface area contributed by atoms with Crippen molar-refractivity contribution in [2.24, 2.45) is 0 Å². The molecule has 2 rings (SSSR count). The zero-order valence-electron chi connectivity index (χ0n) is 20.1. The molecular formula is C25H39Cl2NO6. The summed E-state index contributed by atoms with van der Waals surface area (Å²) in [5.74, 6) is 0.352. The van der Waals surface area contributed by atoms with E-state index >= 15 is 0 Å². The lowest BCUT2D eigenvalue weighted by Crippen LogP contribution is -2.38. The number of carbonyl (C=O) groups excluding carboxylic acids is 1. The Kier molecular flexibility index (Phi) is 14.9. The molecule has 1 fully saturated rings. The maximum Gasteiger partial charge on any atom is 0.305 e. The first-order valence-electron chi connectivity index (χ1n) is 12.3. The number of rotatable bonds is 17. The molecule has 1 aliphatic heterocycles. The van der Waals surface area contributed by atoms with E-state index in [0.717, 1.165) is 58.0 Å². The van der Waals surface area contributed by atoms with Gasteiger partial charge in [-0.15, -0.1) is 0 Å². The van der Waals surface area contributed by atoms with Gasteiger partial charge in [0.2, 0.25) is 0 Å². The SMILES string of the molecule is COC(=O)CCCCCCC(COC1CCCCO1)NCCC(O)COc1ccc(Cl)cc1Cl. The van der Waals surface area contributed by atoms with Crippen LogP contribution in [-0.4, -0.2) is 63.0 Å². The van der Waals surface area contributed by atoms with Crippen molar-refractivity contribution in [2.75, 3.05) is 33.5 Å². The van der Waals surface area contributed by atoms with Gasteiger partial charge in [-0.2, -0.15) is 0 Å². The van der Waals surface area contributed by atoms with Crippen LogP contribution in [0.5, 0.6) is 5.75 Å². The van der Waals surface area contributed by atoms with E-state index in [-0.39, 0.29) is 24.9 Å². The minimum atomic E-state index is -0.624. The van der Waals surface area contributed by atoms with Crippen LogP contribution in [-0.2, 0) is 19.0 Å². The van der Waals surface area contributed by atoms with Gasteiger partial charge in [-0.05, 0) is 63.3 Å². The molecule has 1 saturated heterocycles. The quantitative estimate of drug-likeness (QED) is 0.217. The van der Waals surface area contributed by atoms with Crippen LogP contribution in [0.4, 0.5) is 0 Å². The summed E-state index contributed by atoms with van der Waals surface area (Å²) < 4.78 is 22.0. The second-order valence-electron chi connectivity index (χ2n) is 8.64. The van der Waals surface area contributed by atoms with Crippen molar-refractivity contribution in [2.45, 2.75) is 82.6 Å². The number of ether oxygens (including phenoxy) is 4. The molecule has 0 spiro atoms. The predicted molar refractivity (Wildman–Crippen MR) is 134 cm³/mol. The van der Waals surface area contributed by atoms with Gasteiger partial charge >= 0.3 is 5.97 Å². The highest BCUT2D eigenvalue weighted by Crippen LogP contribution is 2.27. The van der Waals surface area contributed by atoms with Crippen LogP contribution in [0.1, 0.15) is 64.2 Å². The molecule has 1 aromatic carbocycles. The van der Waals surface area contributed by atoms with Crippen LogP contribution in [0.2, 0.25) is 10.0 Å². The average molecular weight is 520 g/mol. The van der Waals surface area contributed by atoms with E-state index in [1.54, 1.807) is 18.2 Å². The van der Waals surface area contributed by atoms with Gasteiger partial charge in [0, 0.05) is 24.1 Å². The maximum absolute atomic E-state index is 11.2. The molecular weight excluding hydrogens is 481 g/mol. The molecule has 9 heteroatoms. The van der Waals surface area contributed by atoms with Gasteiger partial charge in [0.1, 0.15) is 12.4 Å². The number of esters is 1. The summed E-state index contributed by atoms with van der Waals surface area (Å²) in [7, 11) is 1.42. The van der Waals surface area contributed by atoms with E-state index in [1.807, 2.05) is 0 Å². The first-order chi connectivity index (χ1) is 16.5. The highest BCUT2D eigenvalue weighted by molar-refractivity contribution is 6.35. The highest BCUT2D eigenvalue weighted by atomic mass is 35.5. The predicted octanol–water partition coefficient (Wildman–Crippen LogP) is 5.14. The van der Waals surface area contributed by atoms with E-state index in [0.29, 0.717) is 41.8 Å². The van der Waals surface area contributed by atoms with Crippen LogP contribution in [0.3, 0.4) is 0 Å². The largest absolute Gasteiger partial charge is 0.489 e. The molecule has 1 heterocycles. The molecule has 34 heavy (non-hydrogen) atoms. The monoisotopic (exact) mass is 519 g/mol. The number of hydrogen-bond donors (Lipinski definition) is 2. The fourth-order valence-electron chi connectivity index (χ4n) is 3.74. The Labute approximate surface area is 213 Å². The molecule has 0 aliphatic carbocycles. The lowest BCUT2D eigenvalue weighted by atomic mass is 10.1. The minimum absolute atomic E-state index is 0.124. The van der Waals surface area contributed by atoms with E-state index < -0.39 is 6.10 Å². The fourth-order valence-corrected chi connectivity index (χ4v) is 4.20. The molecule has 0 bridgehead atoms. The second kappa shape index (κ2) is 17.4. The fraction of sp³-hybridized carbons (Fsp3) is 0.720. The number of aliphatic hydroxyl groups is 1. The third-order valence-electron chi connectivity index (χ3n) is 5.77. The smallest absolute Gasteiger partial charge is 0.305 e. The number of nitrogens with one attached hydrogen (secondary N) is 1. The van der Waals surface area contributed by atoms with Crippen LogP contribution < -0.4 is 10.1 Å². The van der Waals surface area contributed by atoms with Crippen molar-refractivity contribution >= 4 is 29.2 Å². The summed E-state index contributed by atoms with van der Waals surface area (Å²) in [5, 5.41) is 14.8. The van der Waals surface area contributed by atoms with Gasteiger partial charge in [0.25, 0.3) is 0 Å². The number of benzene rings is 1. The first kappa shape index (κ1) is 29.1. The summed E-state index contributed by atoms with van der Waals surface area (Å²) >= 11 is 12.0. The number of methoxy groups -OCH3 is 1. The Morgan fingerprint density at radius 3 is 2.74 bits per heavy atom. The third kappa shape index (κ3) is 12.6. The van der Waals surface area contributed by atoms with E-state index in [1.165, 1.54) is 7.11 Å². The molecule has 0 radical (unpaired) electrons. The molecule has 7 nitrogen and oxygen atoms in total. The summed E-state index contributed by atoms with van der Waals surface area (Å²) in [5.41, 5.74) is 0. The third-order valence-corrected chi connectivity index (χ3v) is 6.30. The Morgan fingerprint density at radius 1 is 1.18 bits per heavy atom. The summed E-state index contributed by atoms with van der Waals surface area (Å²) in [4.78, 5) is 11.2. The normalized spacial score (nSPS) is 17.8. The Morgan fingerprint density at radius 2 is 2.00 bits per heavy atom. The van der Waals surface area contributed by atoms with Gasteiger partial charge in [-0.1, -0.05) is 42.5 Å². The topological polar surface area (TPSA) is 86.3 Å². The molecule has 0 amide bonds. The van der Waals surface area contributed by atoms with Crippen LogP contribution >= 0.6 is 23.2 Å². The molecule has 1 aromatic rings. The lowest BCUT2D eigenvalue weighted by molar-refractivity contribution is -0.166. The lowest BCUT2D eigenvalue weighted by Gasteiger charge is -2.26. The van der Waals surface area contributed by atoms with Crippen LogP contribution in [0, 0.1) is 0 Å². The summed E-state index contributed by atoms with van der Waals surface area (Å²) in [6.07, 6.45) is 8.31. The van der Waals surface area contributed by atoms with Crippen molar-refractivity contribution in [1.82, 2.24) is 5.32 Å². The molecule has 3 atom stereocenters. The molecule has 0 aromatic heterocycles. The number of carbonyl (C=O) groups is 1. The second-order valence-corrected chi connectivity index (χ2v) is 9.48. The van der Waals surface area contributed by atoms with Crippen molar-refractivity contribution in [3.8, 4) is 5.75 Å². The molecule has 0 saturated carbocycles. The van der Waals surface area contributed by atoms with E-state index in [4.69, 9.17) is 37.4 Å². The van der Waals surface area contributed by atoms with Gasteiger partial charge in [-0.3, -0.25) is 4.79 Å². The zero-order valence-corrected chi connectivity index (χ0v) is 21.6. The van der Waals surface area contributed by atoms with Gasteiger partial charge in [0.05, 0.1) is 24.8 Å². The number of hydrogen-bond acceptors (Lipinski definition) is 7. The van der Waals surface area contributed by atoms with Crippen molar-refractivity contribution in [1.29, 1.82) is 0 Å². The average Bonchev–Trinajstić information content (AvgIpc) is 2.84. The van der Waals surface area contributed by atoms with Gasteiger partial charge in [-0.25, -0.2) is 0 Å². The Bertz CT molecular complexity index is 702. The standard InChI is InChI=1S/C25H39Cl2NO6/c1-31-24(30)9-5-3-2-4-8-20(17-34-25-10-6-7-15-32-25)28-14-13-21(29)18-33-23-12-11-19(26)16-22(23)27/h11-12,16,20-21,25,28-29H,2-10,13-15,17-18H2,1H3. The molecule has 2 N–H and O–H groups in total. The van der Waals surface area contributed by atoms with Crippen molar-refractivity contribution in [3.05, 3.63) is 28.2 Å². The van der Waals surface area contributed by atoms with Crippen molar-refractivity contribution < 1.29 is 28.8 Å². The van der Waals surface area contributed by atoms with Gasteiger partial charge < -0.3 is 29.4 Å². The Balaban J connectivity index is 1.68. The van der Waals surface area contributed by atoms with Crippen molar-refractivity contribution in [3.63, 3.8) is 0 Å². The van der Waals surface area contributed by atoms with Gasteiger partial charge in [0.15, 0.2) is 6.29 Å². The highest BCUT2D eigenvalue weighted by Gasteiger charge is 2.17. The minimum Gasteiger partial charge on any atom is -0.489 e. The van der Waals surface area contributed by atoms with Crippen LogP contribution in [0.15, 0.2) is 18.2 Å². The molecule has 3 unspecified atom stereocenters. The molecule has 1 aliphatic rings. The molecule has 194 valence electrons. The summed E-state index contributed by atoms with van der Waals surface area (Å²) in [6.45, 7) is 2.12. The zero-order chi connectivity index (χ0) is 24.6. The summed E-state index contributed by atoms with van der Waals surface area (Å²) in [6, 6.07) is 5.18. The number of halogens is 2. The number of unbranched alkanes of at least 4 members (excludes halogenated alkanes) is 3. The first-order valence-corrected chi connectivity index (χ1v) is 13.0. The van der Waals surface area contributed by atoms with E-state index in [2.05, 4.69) is 10.1 Å². The number of aliphatic hydroxyl groups excluding tert-OH is 1. The maximum atomic E-state index is 11.2.